The second kappa shape index (κ2) is 32.0. The lowest BCUT2D eigenvalue weighted by Gasteiger charge is -2.34. The maximum atomic E-state index is 6.99. The molecule has 0 spiro atoms. The van der Waals surface area contributed by atoms with Crippen LogP contribution < -0.4 is 9.80 Å². The molecule has 2 aliphatic rings. The van der Waals surface area contributed by atoms with Crippen LogP contribution in [0, 0.1) is 0 Å². The van der Waals surface area contributed by atoms with Crippen molar-refractivity contribution in [2.24, 2.45) is 0 Å². The molecule has 2 aromatic heterocycles. The Morgan fingerprint density at radius 2 is 0.417 bits per heavy atom. The van der Waals surface area contributed by atoms with Gasteiger partial charge in [-0.2, -0.15) is 0 Å². The van der Waals surface area contributed by atoms with Crippen molar-refractivity contribution in [3.05, 3.63) is 554 Å². The standard InChI is InChI=1S/C128H84N2O2/c1-7-28-85(29-8-1)88-52-66-103(67-53-88)129(104-68-54-89(55-69-104)86-30-9-2-10-31-86)105-72-58-92(59-73-105)115-80-98(82-118-114-45-22-25-48-123(114)131-125(115)118)96-63-77-112-110-43-20-24-47-120(110)128(122(112)84-96,101-39-17-6-18-40-101)102-64-50-91(51-65-102)94-34-27-41-108(78-94)130(106-70-56-90(57-71-106)87-32-11-3-12-33-87)107-74-60-93(61-75-107)116-79-97(81-117-113-44-21-26-49-124(113)132-126(116)117)95-62-76-111-109-42-19-23-46-119(109)127(121(111)83-95,99-35-13-4-14-36-99)100-37-15-5-16-38-100/h1-84H. The molecule has 21 aromatic carbocycles. The lowest BCUT2D eigenvalue weighted by Crippen LogP contribution is -2.28. The highest BCUT2D eigenvalue weighted by Gasteiger charge is 2.48. The van der Waals surface area contributed by atoms with Gasteiger partial charge in [-0.3, -0.25) is 0 Å². The quantitative estimate of drug-likeness (QED) is 0.0857. The zero-order chi connectivity index (χ0) is 87.2. The molecule has 0 bridgehead atoms. The first-order chi connectivity index (χ1) is 65.4. The third-order valence-corrected chi connectivity index (χ3v) is 27.7. The molecule has 0 saturated heterocycles. The van der Waals surface area contributed by atoms with Crippen molar-refractivity contribution < 1.29 is 8.83 Å². The molecule has 2 heterocycles. The summed E-state index contributed by atoms with van der Waals surface area (Å²) < 4.78 is 14.0. The topological polar surface area (TPSA) is 32.8 Å². The number of para-hydroxylation sites is 2. The first kappa shape index (κ1) is 77.2. The van der Waals surface area contributed by atoms with E-state index >= 15 is 0 Å². The van der Waals surface area contributed by atoms with Gasteiger partial charge in [0.2, 0.25) is 0 Å². The highest BCUT2D eigenvalue weighted by molar-refractivity contribution is 6.13. The summed E-state index contributed by atoms with van der Waals surface area (Å²) in [6.07, 6.45) is 0. The molecule has 0 radical (unpaired) electrons. The summed E-state index contributed by atoms with van der Waals surface area (Å²) in [5, 5.41) is 4.30. The highest BCUT2D eigenvalue weighted by atomic mass is 16.3. The molecule has 25 rings (SSSR count). The lowest BCUT2D eigenvalue weighted by atomic mass is 9.67. The van der Waals surface area contributed by atoms with Crippen LogP contribution >= 0.6 is 0 Å². The number of rotatable bonds is 18. The molecular formula is C128H84N2O2. The average Bonchev–Trinajstić information content (AvgIpc) is 1.54. The van der Waals surface area contributed by atoms with E-state index in [9.17, 15) is 0 Å². The molecule has 0 saturated carbocycles. The summed E-state index contributed by atoms with van der Waals surface area (Å²) in [4.78, 5) is 4.75. The molecule has 4 heteroatoms. The van der Waals surface area contributed by atoms with E-state index in [0.717, 1.165) is 139 Å². The van der Waals surface area contributed by atoms with Crippen molar-refractivity contribution in [3.8, 4) is 111 Å². The predicted octanol–water partition coefficient (Wildman–Crippen LogP) is 34.5. The summed E-state index contributed by atoms with van der Waals surface area (Å²) in [5.41, 5.74) is 41.1. The maximum absolute atomic E-state index is 6.99. The van der Waals surface area contributed by atoms with Gasteiger partial charge in [-0.1, -0.05) is 388 Å². The van der Waals surface area contributed by atoms with E-state index in [1.165, 1.54) is 94.6 Å². The molecule has 0 fully saturated rings. The normalized spacial score (nSPS) is 13.4. The first-order valence-electron chi connectivity index (χ1n) is 45.5. The minimum atomic E-state index is -0.705. The van der Waals surface area contributed by atoms with Gasteiger partial charge >= 0.3 is 0 Å². The molecular weight excluding hydrogens is 1600 g/mol. The van der Waals surface area contributed by atoms with Crippen molar-refractivity contribution in [1.29, 1.82) is 0 Å². The van der Waals surface area contributed by atoms with E-state index in [4.69, 9.17) is 8.83 Å². The van der Waals surface area contributed by atoms with E-state index < -0.39 is 10.8 Å². The van der Waals surface area contributed by atoms with Gasteiger partial charge in [0.15, 0.2) is 0 Å². The lowest BCUT2D eigenvalue weighted by molar-refractivity contribution is 0.669. The summed E-state index contributed by atoms with van der Waals surface area (Å²) in [6.45, 7) is 0. The van der Waals surface area contributed by atoms with Gasteiger partial charge in [0.25, 0.3) is 0 Å². The fourth-order valence-corrected chi connectivity index (χ4v) is 21.5. The monoisotopic (exact) mass is 1680 g/mol. The van der Waals surface area contributed by atoms with Crippen molar-refractivity contribution in [3.63, 3.8) is 0 Å². The van der Waals surface area contributed by atoms with Gasteiger partial charge in [-0.15, -0.1) is 0 Å². The minimum Gasteiger partial charge on any atom is -0.455 e. The highest BCUT2D eigenvalue weighted by Crippen LogP contribution is 2.60. The smallest absolute Gasteiger partial charge is 0.143 e. The Morgan fingerprint density at radius 3 is 0.803 bits per heavy atom. The Kier molecular flexibility index (Phi) is 18.7. The van der Waals surface area contributed by atoms with Gasteiger partial charge in [0.1, 0.15) is 22.3 Å². The summed E-state index contributed by atoms with van der Waals surface area (Å²) in [7, 11) is 0. The Labute approximate surface area is 767 Å². The van der Waals surface area contributed by atoms with Crippen molar-refractivity contribution in [2.45, 2.75) is 10.8 Å². The molecule has 1 atom stereocenters. The Balaban J connectivity index is 0.580. The number of fused-ring (bicyclic) bond motifs is 12. The third kappa shape index (κ3) is 12.9. The Hall–Kier alpha value is -17.2. The molecule has 0 amide bonds. The predicted molar refractivity (Wildman–Crippen MR) is 548 cm³/mol. The van der Waals surface area contributed by atoms with Crippen LogP contribution in [0.15, 0.2) is 518 Å². The molecule has 23 aromatic rings. The summed E-state index contributed by atoms with van der Waals surface area (Å²) >= 11 is 0. The van der Waals surface area contributed by atoms with Gasteiger partial charge in [-0.05, 0) is 266 Å². The van der Waals surface area contributed by atoms with Crippen LogP contribution in [-0.2, 0) is 10.8 Å². The van der Waals surface area contributed by atoms with E-state index in [2.05, 4.69) is 519 Å². The number of benzene rings is 21. The zero-order valence-electron chi connectivity index (χ0n) is 72.2. The largest absolute Gasteiger partial charge is 0.455 e. The minimum absolute atomic E-state index is 0.548. The van der Waals surface area contributed by atoms with Crippen molar-refractivity contribution in [1.82, 2.24) is 0 Å². The van der Waals surface area contributed by atoms with Crippen LogP contribution in [0.25, 0.3) is 155 Å². The molecule has 618 valence electrons. The van der Waals surface area contributed by atoms with Crippen LogP contribution in [0.3, 0.4) is 0 Å². The Bertz CT molecular complexity index is 8180. The molecule has 1 unspecified atom stereocenters. The second-order valence-corrected chi connectivity index (χ2v) is 34.8. The van der Waals surface area contributed by atoms with E-state index in [1.807, 2.05) is 0 Å². The van der Waals surface area contributed by atoms with Crippen molar-refractivity contribution >= 4 is 78.0 Å². The Morgan fingerprint density at radius 1 is 0.144 bits per heavy atom. The van der Waals surface area contributed by atoms with Crippen LogP contribution in [0.5, 0.6) is 0 Å². The van der Waals surface area contributed by atoms with Gasteiger partial charge in [0.05, 0.1) is 10.8 Å². The number of hydrogen-bond acceptors (Lipinski definition) is 4. The molecule has 0 aliphatic heterocycles. The SMILES string of the molecule is c1ccc(-c2ccc(N(c3ccc(-c4ccccc4)cc3)c3ccc(-c4cc(-c5ccc6c(c5)C(c5ccccc5)(c5ccc(-c7cccc(N(c8ccc(-c9ccccc9)cc8)c8ccc(-c9cc(-c%10ccc%11c(c%10)C(c%10ccccc%10)(c%10ccccc%10)c%10ccccc%10-%11)cc%10c9oc9ccccc9%10)cc8)c7)cc5)c5ccccc5-6)cc5c4oc4ccccc45)cc3)cc2)cc1. The number of anilines is 6. The van der Waals surface area contributed by atoms with E-state index in [0.29, 0.717) is 0 Å². The number of furan rings is 2. The zero-order valence-corrected chi connectivity index (χ0v) is 72.2. The van der Waals surface area contributed by atoms with E-state index in [-0.39, 0.29) is 0 Å². The fraction of sp³-hybridized carbons (Fsp3) is 0.0156. The van der Waals surface area contributed by atoms with E-state index in [1.54, 1.807) is 0 Å². The summed E-state index contributed by atoms with van der Waals surface area (Å²) in [5.74, 6) is 0. The number of hydrogen-bond donors (Lipinski definition) is 0. The van der Waals surface area contributed by atoms with Crippen LogP contribution in [-0.4, -0.2) is 0 Å². The van der Waals surface area contributed by atoms with Crippen molar-refractivity contribution in [2.75, 3.05) is 9.80 Å². The van der Waals surface area contributed by atoms with Gasteiger partial charge in [0, 0.05) is 66.8 Å². The van der Waals surface area contributed by atoms with Crippen LogP contribution in [0.1, 0.15) is 44.5 Å². The van der Waals surface area contributed by atoms with Crippen LogP contribution in [0.4, 0.5) is 34.1 Å². The maximum Gasteiger partial charge on any atom is 0.143 e. The first-order valence-corrected chi connectivity index (χ1v) is 45.5. The molecule has 2 aliphatic carbocycles. The van der Waals surface area contributed by atoms with Gasteiger partial charge in [-0.25, -0.2) is 0 Å². The fourth-order valence-electron chi connectivity index (χ4n) is 21.5. The molecule has 0 N–H and O–H groups in total. The third-order valence-electron chi connectivity index (χ3n) is 27.7. The van der Waals surface area contributed by atoms with Gasteiger partial charge < -0.3 is 18.6 Å². The summed E-state index contributed by atoms with van der Waals surface area (Å²) in [6, 6.07) is 187. The number of nitrogens with zero attached hydrogens (tertiary/aromatic N) is 2. The molecule has 4 nitrogen and oxygen atoms in total. The second-order valence-electron chi connectivity index (χ2n) is 34.8. The average molecular weight is 1680 g/mol. The molecule has 132 heavy (non-hydrogen) atoms. The van der Waals surface area contributed by atoms with Crippen LogP contribution in [0.2, 0.25) is 0 Å².